The zero-order valence-electron chi connectivity index (χ0n) is 19.8. The lowest BCUT2D eigenvalue weighted by atomic mass is 9.98. The van der Waals surface area contributed by atoms with E-state index in [1.54, 1.807) is 20.3 Å². The van der Waals surface area contributed by atoms with Crippen molar-refractivity contribution in [3.8, 4) is 11.5 Å². The Morgan fingerprint density at radius 3 is 2.17 bits per heavy atom. The van der Waals surface area contributed by atoms with Crippen molar-refractivity contribution in [2.75, 3.05) is 27.8 Å². The van der Waals surface area contributed by atoms with Gasteiger partial charge in [-0.3, -0.25) is 9.59 Å². The molecule has 0 radical (unpaired) electrons. The fourth-order valence-electron chi connectivity index (χ4n) is 3.97. The highest BCUT2D eigenvalue weighted by Gasteiger charge is 2.34. The molecule has 2 amide bonds. The van der Waals surface area contributed by atoms with Crippen molar-refractivity contribution in [3.63, 3.8) is 0 Å². The summed E-state index contributed by atoms with van der Waals surface area (Å²) >= 11 is 0. The quantitative estimate of drug-likeness (QED) is 0.511. The van der Waals surface area contributed by atoms with Gasteiger partial charge in [-0.2, -0.15) is 5.10 Å². The number of halogens is 1. The smallest absolute Gasteiger partial charge is 0.262 e. The molecule has 1 heterocycles. The fraction of sp³-hybridized carbons (Fsp3) is 0.222. The van der Waals surface area contributed by atoms with Crippen LogP contribution in [-0.2, 0) is 4.79 Å². The molecule has 8 heteroatoms. The number of hydrogen-bond donors (Lipinski definition) is 0. The minimum absolute atomic E-state index is 0.0849. The lowest BCUT2D eigenvalue weighted by Crippen LogP contribution is -2.39. The van der Waals surface area contributed by atoms with Crippen molar-refractivity contribution < 1.29 is 23.5 Å². The molecule has 0 unspecified atom stereocenters. The Hall–Kier alpha value is -4.20. The Morgan fingerprint density at radius 1 is 0.971 bits per heavy atom. The highest BCUT2D eigenvalue weighted by Crippen LogP contribution is 2.34. The molecule has 0 fully saturated rings. The van der Waals surface area contributed by atoms with E-state index in [9.17, 15) is 14.0 Å². The van der Waals surface area contributed by atoms with Crippen molar-refractivity contribution in [1.82, 2.24) is 9.91 Å². The molecule has 0 N–H and O–H groups in total. The van der Waals surface area contributed by atoms with Crippen LogP contribution in [0.5, 0.6) is 11.5 Å². The maximum Gasteiger partial charge on any atom is 0.262 e. The lowest BCUT2D eigenvalue weighted by molar-refractivity contribution is -0.133. The molecule has 0 bridgehead atoms. The van der Waals surface area contributed by atoms with Crippen LogP contribution in [0.4, 0.5) is 4.39 Å². The number of likely N-dealkylation sites (N-methyl/N-ethyl adjacent to an activating group) is 1. The molecular weight excluding hydrogens is 449 g/mol. The third-order valence-electron chi connectivity index (χ3n) is 5.91. The number of nitrogens with zero attached hydrogens (tertiary/aromatic N) is 3. The third-order valence-corrected chi connectivity index (χ3v) is 5.91. The van der Waals surface area contributed by atoms with Gasteiger partial charge in [0.05, 0.1) is 31.5 Å². The first-order valence-corrected chi connectivity index (χ1v) is 11.1. The normalized spacial score (nSPS) is 14.9. The summed E-state index contributed by atoms with van der Waals surface area (Å²) in [6.07, 6.45) is 0.495. The van der Waals surface area contributed by atoms with Crippen LogP contribution in [-0.4, -0.2) is 55.2 Å². The Labute approximate surface area is 203 Å². The topological polar surface area (TPSA) is 71.4 Å². The number of hydrazone groups is 1. The minimum atomic E-state index is -0.631. The number of benzene rings is 3. The molecule has 1 aliphatic heterocycles. The second-order valence-corrected chi connectivity index (χ2v) is 8.15. The van der Waals surface area contributed by atoms with E-state index < -0.39 is 11.7 Å². The molecule has 35 heavy (non-hydrogen) atoms. The number of methoxy groups -OCH3 is 2. The second-order valence-electron chi connectivity index (χ2n) is 8.15. The molecule has 4 rings (SSSR count). The first-order valence-electron chi connectivity index (χ1n) is 11.1. The standard InChI is InChI=1S/C27H26FN3O4/c1-30(27(33)22-6-4-5-7-23(22)28)17-26(32)31-25(19-10-14-21(35-3)15-11-19)16-24(29-31)18-8-12-20(34-2)13-9-18/h4-15,25H,16-17H2,1-3H3/t25-/m1/s1. The number of hydrogen-bond acceptors (Lipinski definition) is 5. The number of amides is 2. The van der Waals surface area contributed by atoms with Gasteiger partial charge in [0.1, 0.15) is 23.9 Å². The van der Waals surface area contributed by atoms with Gasteiger partial charge in [0.2, 0.25) is 0 Å². The SMILES string of the molecule is COc1ccc(C2=NN(C(=O)CN(C)C(=O)c3ccccc3F)[C@@H](c3ccc(OC)cc3)C2)cc1. The zero-order chi connectivity index (χ0) is 24.9. The van der Waals surface area contributed by atoms with Crippen molar-refractivity contribution in [1.29, 1.82) is 0 Å². The highest BCUT2D eigenvalue weighted by molar-refractivity contribution is 6.03. The summed E-state index contributed by atoms with van der Waals surface area (Å²) in [7, 11) is 4.66. The highest BCUT2D eigenvalue weighted by atomic mass is 19.1. The molecule has 1 aliphatic rings. The first kappa shape index (κ1) is 23.9. The van der Waals surface area contributed by atoms with E-state index in [2.05, 4.69) is 5.10 Å². The van der Waals surface area contributed by atoms with Crippen LogP contribution in [0.2, 0.25) is 0 Å². The summed E-state index contributed by atoms with van der Waals surface area (Å²) in [5, 5.41) is 6.04. The first-order chi connectivity index (χ1) is 16.9. The van der Waals surface area contributed by atoms with Crippen molar-refractivity contribution in [2.24, 2.45) is 5.10 Å². The van der Waals surface area contributed by atoms with Crippen molar-refractivity contribution >= 4 is 17.5 Å². The van der Waals surface area contributed by atoms with Crippen LogP contribution in [0.25, 0.3) is 0 Å². The van der Waals surface area contributed by atoms with E-state index in [1.807, 2.05) is 48.5 Å². The largest absolute Gasteiger partial charge is 0.497 e. The third kappa shape index (κ3) is 5.16. The summed E-state index contributed by atoms with van der Waals surface area (Å²) in [5.74, 6) is -0.150. The molecule has 3 aromatic rings. The van der Waals surface area contributed by atoms with E-state index >= 15 is 0 Å². The molecule has 180 valence electrons. The Bertz CT molecular complexity index is 1240. The maximum absolute atomic E-state index is 14.1. The summed E-state index contributed by atoms with van der Waals surface area (Å²) in [5.41, 5.74) is 2.41. The number of carbonyl (C=O) groups excluding carboxylic acids is 2. The van der Waals surface area contributed by atoms with Gasteiger partial charge in [-0.25, -0.2) is 9.40 Å². The average molecular weight is 476 g/mol. The van der Waals surface area contributed by atoms with Crippen LogP contribution in [0.3, 0.4) is 0 Å². The van der Waals surface area contributed by atoms with Gasteiger partial charge in [-0.05, 0) is 59.7 Å². The fourth-order valence-corrected chi connectivity index (χ4v) is 3.97. The molecular formula is C27H26FN3O4. The predicted molar refractivity (Wildman–Crippen MR) is 130 cm³/mol. The maximum atomic E-state index is 14.1. The van der Waals surface area contributed by atoms with Crippen molar-refractivity contribution in [3.05, 3.63) is 95.3 Å². The average Bonchev–Trinajstić information content (AvgIpc) is 3.34. The van der Waals surface area contributed by atoms with Gasteiger partial charge in [-0.1, -0.05) is 24.3 Å². The van der Waals surface area contributed by atoms with Crippen LogP contribution in [0.15, 0.2) is 77.9 Å². The van der Waals surface area contributed by atoms with Gasteiger partial charge in [-0.15, -0.1) is 0 Å². The van der Waals surface area contributed by atoms with E-state index in [4.69, 9.17) is 9.47 Å². The van der Waals surface area contributed by atoms with Gasteiger partial charge >= 0.3 is 0 Å². The van der Waals surface area contributed by atoms with E-state index in [0.29, 0.717) is 12.2 Å². The molecule has 0 spiro atoms. The number of carbonyl (C=O) groups is 2. The second kappa shape index (κ2) is 10.4. The summed E-state index contributed by atoms with van der Waals surface area (Å²) in [6, 6.07) is 20.3. The molecule has 1 atom stereocenters. The van der Waals surface area contributed by atoms with Crippen LogP contribution >= 0.6 is 0 Å². The van der Waals surface area contributed by atoms with E-state index in [0.717, 1.165) is 22.6 Å². The number of ether oxygens (including phenoxy) is 2. The lowest BCUT2D eigenvalue weighted by Gasteiger charge is -2.25. The molecule has 7 nitrogen and oxygen atoms in total. The van der Waals surface area contributed by atoms with Gasteiger partial charge in [0, 0.05) is 13.5 Å². The monoisotopic (exact) mass is 475 g/mol. The Morgan fingerprint density at radius 2 is 1.57 bits per heavy atom. The van der Waals surface area contributed by atoms with E-state index in [-0.39, 0.29) is 24.1 Å². The van der Waals surface area contributed by atoms with Crippen LogP contribution in [0, 0.1) is 5.82 Å². The molecule has 3 aromatic carbocycles. The molecule has 0 aliphatic carbocycles. The summed E-state index contributed by atoms with van der Waals surface area (Å²) < 4.78 is 24.6. The molecule has 0 saturated heterocycles. The van der Waals surface area contributed by atoms with Gasteiger partial charge < -0.3 is 14.4 Å². The van der Waals surface area contributed by atoms with Gasteiger partial charge in [0.15, 0.2) is 0 Å². The summed E-state index contributed by atoms with van der Waals surface area (Å²) in [6.45, 7) is -0.251. The van der Waals surface area contributed by atoms with Crippen molar-refractivity contribution in [2.45, 2.75) is 12.5 Å². The minimum Gasteiger partial charge on any atom is -0.497 e. The molecule has 0 saturated carbocycles. The Balaban J connectivity index is 1.60. The number of rotatable bonds is 7. The Kier molecular flexibility index (Phi) is 7.10. The molecule has 0 aromatic heterocycles. The zero-order valence-corrected chi connectivity index (χ0v) is 19.8. The van der Waals surface area contributed by atoms with Gasteiger partial charge in [0.25, 0.3) is 11.8 Å². The van der Waals surface area contributed by atoms with E-state index in [1.165, 1.54) is 35.2 Å². The summed E-state index contributed by atoms with van der Waals surface area (Å²) in [4.78, 5) is 27.3. The van der Waals surface area contributed by atoms with Crippen LogP contribution in [0.1, 0.15) is 33.9 Å². The predicted octanol–water partition coefficient (Wildman–Crippen LogP) is 4.29. The van der Waals surface area contributed by atoms with Crippen LogP contribution < -0.4 is 9.47 Å².